The van der Waals surface area contributed by atoms with Crippen LogP contribution in [0, 0.1) is 13.8 Å². The Morgan fingerprint density at radius 2 is 1.64 bits per heavy atom. The largest absolute Gasteiger partial charge is 0.508 e. The molecule has 2 heterocycles. The molecule has 4 rings (SSSR count). The standard InChI is InChI=1S/C25H31N3O4S/c1-19-3-8-24(17-20(19)2)33(31,32)28-15-13-27(14-16-28)25(30)18-26-11-9-22(10-12-26)21-4-6-23(29)7-5-21/h3-9,17,29H,10-16,18H2,1-2H3. The van der Waals surface area contributed by atoms with Gasteiger partial charge in [-0.15, -0.1) is 0 Å². The fraction of sp³-hybridized carbons (Fsp3) is 0.400. The van der Waals surface area contributed by atoms with Crippen LogP contribution in [-0.2, 0) is 14.8 Å². The van der Waals surface area contributed by atoms with Crippen molar-refractivity contribution >= 4 is 21.5 Å². The van der Waals surface area contributed by atoms with E-state index in [0.717, 1.165) is 29.7 Å². The third-order valence-corrected chi connectivity index (χ3v) is 8.49. The molecule has 2 aromatic carbocycles. The second kappa shape index (κ2) is 9.67. The lowest BCUT2D eigenvalue weighted by molar-refractivity contribution is -0.133. The number of amides is 1. The van der Waals surface area contributed by atoms with Crippen molar-refractivity contribution in [1.82, 2.24) is 14.1 Å². The Morgan fingerprint density at radius 3 is 2.24 bits per heavy atom. The fourth-order valence-electron chi connectivity index (χ4n) is 4.29. The van der Waals surface area contributed by atoms with Gasteiger partial charge in [0.2, 0.25) is 15.9 Å². The van der Waals surface area contributed by atoms with E-state index in [1.165, 1.54) is 9.88 Å². The van der Waals surface area contributed by atoms with Gasteiger partial charge in [-0.05, 0) is 66.8 Å². The number of phenolic OH excluding ortho intramolecular Hbond substituents is 1. The van der Waals surface area contributed by atoms with Gasteiger partial charge in [0, 0.05) is 39.3 Å². The molecule has 1 fully saturated rings. The summed E-state index contributed by atoms with van der Waals surface area (Å²) in [6, 6.07) is 12.4. The van der Waals surface area contributed by atoms with Crippen molar-refractivity contribution in [3.05, 3.63) is 65.2 Å². The number of nitrogens with zero attached hydrogens (tertiary/aromatic N) is 3. The molecule has 2 aliphatic rings. The highest BCUT2D eigenvalue weighted by atomic mass is 32.2. The second-order valence-electron chi connectivity index (χ2n) is 8.79. The summed E-state index contributed by atoms with van der Waals surface area (Å²) in [4.78, 5) is 17.0. The summed E-state index contributed by atoms with van der Waals surface area (Å²) in [7, 11) is -3.55. The van der Waals surface area contributed by atoms with Crippen LogP contribution in [0.5, 0.6) is 5.75 Å². The van der Waals surface area contributed by atoms with E-state index in [2.05, 4.69) is 11.0 Å². The highest BCUT2D eigenvalue weighted by molar-refractivity contribution is 7.89. The lowest BCUT2D eigenvalue weighted by Crippen LogP contribution is -2.52. The Labute approximate surface area is 196 Å². The number of piperazine rings is 1. The Hall–Kier alpha value is -2.68. The van der Waals surface area contributed by atoms with Crippen LogP contribution in [0.4, 0.5) is 0 Å². The summed E-state index contributed by atoms with van der Waals surface area (Å²) in [6.45, 7) is 7.14. The topological polar surface area (TPSA) is 81.2 Å². The molecule has 2 aliphatic heterocycles. The fourth-order valence-corrected chi connectivity index (χ4v) is 5.79. The molecule has 0 saturated carbocycles. The maximum Gasteiger partial charge on any atom is 0.243 e. The molecule has 0 radical (unpaired) electrons. The van der Waals surface area contributed by atoms with Gasteiger partial charge in [0.25, 0.3) is 0 Å². The van der Waals surface area contributed by atoms with Gasteiger partial charge in [0.15, 0.2) is 0 Å². The average molecular weight is 470 g/mol. The van der Waals surface area contributed by atoms with Gasteiger partial charge in [-0.3, -0.25) is 9.69 Å². The van der Waals surface area contributed by atoms with E-state index in [-0.39, 0.29) is 11.7 Å². The molecule has 0 aliphatic carbocycles. The average Bonchev–Trinajstić information content (AvgIpc) is 2.82. The minimum atomic E-state index is -3.55. The summed E-state index contributed by atoms with van der Waals surface area (Å²) in [5.41, 5.74) is 4.34. The molecule has 8 heteroatoms. The number of carbonyl (C=O) groups excluding carboxylic acids is 1. The van der Waals surface area contributed by atoms with Crippen LogP contribution in [0.3, 0.4) is 0 Å². The Kier molecular flexibility index (Phi) is 6.88. The Bertz CT molecular complexity index is 1150. The van der Waals surface area contributed by atoms with Gasteiger partial charge in [-0.1, -0.05) is 24.3 Å². The number of carbonyl (C=O) groups is 1. The van der Waals surface area contributed by atoms with Gasteiger partial charge in [0.05, 0.1) is 11.4 Å². The molecule has 0 aromatic heterocycles. The molecular formula is C25H31N3O4S. The number of phenols is 1. The molecule has 176 valence electrons. The normalized spacial score (nSPS) is 18.2. The summed E-state index contributed by atoms with van der Waals surface area (Å²) >= 11 is 0. The van der Waals surface area contributed by atoms with Crippen molar-refractivity contribution in [2.24, 2.45) is 0 Å². The molecule has 1 amide bonds. The Balaban J connectivity index is 1.30. The van der Waals surface area contributed by atoms with Gasteiger partial charge < -0.3 is 10.0 Å². The highest BCUT2D eigenvalue weighted by Crippen LogP contribution is 2.24. The molecule has 0 spiro atoms. The zero-order chi connectivity index (χ0) is 23.6. The molecule has 1 saturated heterocycles. The van der Waals surface area contributed by atoms with Crippen LogP contribution < -0.4 is 0 Å². The smallest absolute Gasteiger partial charge is 0.243 e. The maximum atomic E-state index is 13.0. The van der Waals surface area contributed by atoms with Crippen LogP contribution in [0.1, 0.15) is 23.1 Å². The first-order valence-electron chi connectivity index (χ1n) is 11.3. The minimum Gasteiger partial charge on any atom is -0.508 e. The number of aryl methyl sites for hydroxylation is 2. The van der Waals surface area contributed by atoms with E-state index >= 15 is 0 Å². The minimum absolute atomic E-state index is 0.0414. The Morgan fingerprint density at radius 1 is 0.939 bits per heavy atom. The van der Waals surface area contributed by atoms with E-state index in [9.17, 15) is 18.3 Å². The van der Waals surface area contributed by atoms with E-state index in [0.29, 0.717) is 44.2 Å². The van der Waals surface area contributed by atoms with Crippen molar-refractivity contribution in [2.45, 2.75) is 25.2 Å². The van der Waals surface area contributed by atoms with Crippen LogP contribution >= 0.6 is 0 Å². The molecule has 7 nitrogen and oxygen atoms in total. The van der Waals surface area contributed by atoms with Crippen LogP contribution in [0.15, 0.2) is 53.4 Å². The quantitative estimate of drug-likeness (QED) is 0.728. The predicted molar refractivity (Wildman–Crippen MR) is 128 cm³/mol. The zero-order valence-electron chi connectivity index (χ0n) is 19.2. The number of aromatic hydroxyl groups is 1. The number of benzene rings is 2. The van der Waals surface area contributed by atoms with Crippen LogP contribution in [0.2, 0.25) is 0 Å². The zero-order valence-corrected chi connectivity index (χ0v) is 20.0. The lowest BCUT2D eigenvalue weighted by atomic mass is 9.99. The molecule has 0 unspecified atom stereocenters. The van der Waals surface area contributed by atoms with Crippen molar-refractivity contribution in [1.29, 1.82) is 0 Å². The summed E-state index contributed by atoms with van der Waals surface area (Å²) in [6.07, 6.45) is 2.98. The summed E-state index contributed by atoms with van der Waals surface area (Å²) < 4.78 is 27.5. The molecule has 0 bridgehead atoms. The molecule has 0 atom stereocenters. The number of sulfonamides is 1. The first-order valence-corrected chi connectivity index (χ1v) is 12.7. The van der Waals surface area contributed by atoms with Gasteiger partial charge in [0.1, 0.15) is 5.75 Å². The second-order valence-corrected chi connectivity index (χ2v) is 10.7. The first-order chi connectivity index (χ1) is 15.7. The van der Waals surface area contributed by atoms with Gasteiger partial charge >= 0.3 is 0 Å². The van der Waals surface area contributed by atoms with E-state index in [1.807, 2.05) is 32.0 Å². The monoisotopic (exact) mass is 469 g/mol. The number of rotatable bonds is 5. The first kappa shape index (κ1) is 23.5. The third-order valence-electron chi connectivity index (χ3n) is 6.60. The van der Waals surface area contributed by atoms with Crippen LogP contribution in [-0.4, -0.2) is 79.3 Å². The van der Waals surface area contributed by atoms with Crippen molar-refractivity contribution in [3.63, 3.8) is 0 Å². The summed E-state index contributed by atoms with van der Waals surface area (Å²) in [5.74, 6) is 0.295. The van der Waals surface area contributed by atoms with E-state index < -0.39 is 10.0 Å². The van der Waals surface area contributed by atoms with Crippen molar-refractivity contribution < 1.29 is 18.3 Å². The SMILES string of the molecule is Cc1ccc(S(=O)(=O)N2CCN(C(=O)CN3CC=C(c4ccc(O)cc4)CC3)CC2)cc1C. The summed E-state index contributed by atoms with van der Waals surface area (Å²) in [5, 5.41) is 9.45. The van der Waals surface area contributed by atoms with Gasteiger partial charge in [-0.25, -0.2) is 8.42 Å². The number of hydrogen-bond acceptors (Lipinski definition) is 5. The lowest BCUT2D eigenvalue weighted by Gasteiger charge is -2.35. The molecular weight excluding hydrogens is 438 g/mol. The van der Waals surface area contributed by atoms with Crippen LogP contribution in [0.25, 0.3) is 5.57 Å². The maximum absolute atomic E-state index is 13.0. The van der Waals surface area contributed by atoms with Crippen molar-refractivity contribution in [2.75, 3.05) is 45.8 Å². The predicted octanol–water partition coefficient (Wildman–Crippen LogP) is 2.63. The molecule has 1 N–H and O–H groups in total. The third kappa shape index (κ3) is 5.29. The number of hydrogen-bond donors (Lipinski definition) is 1. The van der Waals surface area contributed by atoms with Crippen molar-refractivity contribution in [3.8, 4) is 5.75 Å². The molecule has 33 heavy (non-hydrogen) atoms. The van der Waals surface area contributed by atoms with E-state index in [1.54, 1.807) is 29.2 Å². The highest BCUT2D eigenvalue weighted by Gasteiger charge is 2.31. The van der Waals surface area contributed by atoms with E-state index in [4.69, 9.17) is 0 Å². The molecule has 2 aromatic rings. The van der Waals surface area contributed by atoms with Gasteiger partial charge in [-0.2, -0.15) is 4.31 Å².